The van der Waals surface area contributed by atoms with Gasteiger partial charge in [0.1, 0.15) is 11.2 Å². The SMILES string of the molecule is CC1(C)c2ccccc2-c2ccc(N(c3ccc(-c4ccc(-c5ccccc5-n5c6ccccc6c6ccc(-c7ccccc7)cc65)cc4)cc3)c3ccc(-c4ccc5oc6ccccc6c5c4)cc3)cc21. The van der Waals surface area contributed by atoms with Crippen molar-refractivity contribution in [2.45, 2.75) is 19.3 Å². The van der Waals surface area contributed by atoms with E-state index in [2.05, 4.69) is 266 Å². The maximum Gasteiger partial charge on any atom is 0.135 e. The van der Waals surface area contributed by atoms with Gasteiger partial charge in [-0.25, -0.2) is 0 Å². The number of benzene rings is 11. The standard InChI is InChI=1S/C69H48N2O/c1-69(2)62-20-10-6-17-56(62)57-40-38-54(44-63(57)69)70(53-36-30-48(31-37-53)50-33-41-68-61(42-50)60-19-9-13-23-67(60)72-68)52-34-28-47(29-35-52)46-24-26-49(27-25-46)55-16-7-11-21-64(55)71-65-22-12-8-18-58(65)59-39-32-51(43-66(59)71)45-14-4-3-5-15-45/h3-44H,1-2H3. The Labute approximate surface area is 419 Å². The lowest BCUT2D eigenvalue weighted by Crippen LogP contribution is -2.16. The summed E-state index contributed by atoms with van der Waals surface area (Å²) in [4.78, 5) is 2.40. The Bertz CT molecular complexity index is 4210. The highest BCUT2D eigenvalue weighted by atomic mass is 16.3. The molecule has 340 valence electrons. The Kier molecular flexibility index (Phi) is 9.56. The molecule has 13 aromatic rings. The maximum atomic E-state index is 6.17. The van der Waals surface area contributed by atoms with Gasteiger partial charge in [0.25, 0.3) is 0 Å². The Balaban J connectivity index is 0.817. The molecule has 0 fully saturated rings. The van der Waals surface area contributed by atoms with E-state index >= 15 is 0 Å². The summed E-state index contributed by atoms with van der Waals surface area (Å²) < 4.78 is 8.61. The van der Waals surface area contributed by atoms with E-state index in [1.54, 1.807) is 0 Å². The maximum absolute atomic E-state index is 6.17. The van der Waals surface area contributed by atoms with Crippen LogP contribution in [0.5, 0.6) is 0 Å². The molecule has 0 saturated carbocycles. The second-order valence-electron chi connectivity index (χ2n) is 19.7. The largest absolute Gasteiger partial charge is 0.456 e. The fourth-order valence-electron chi connectivity index (χ4n) is 11.6. The van der Waals surface area contributed by atoms with Crippen molar-refractivity contribution < 1.29 is 4.42 Å². The van der Waals surface area contributed by atoms with Crippen LogP contribution in [0.3, 0.4) is 0 Å². The molecule has 0 unspecified atom stereocenters. The van der Waals surface area contributed by atoms with Crippen molar-refractivity contribution >= 4 is 60.8 Å². The van der Waals surface area contributed by atoms with Crippen molar-refractivity contribution in [3.63, 3.8) is 0 Å². The van der Waals surface area contributed by atoms with E-state index in [1.807, 2.05) is 12.1 Å². The van der Waals surface area contributed by atoms with Gasteiger partial charge < -0.3 is 13.9 Å². The van der Waals surface area contributed by atoms with Crippen LogP contribution >= 0.6 is 0 Å². The fourth-order valence-corrected chi connectivity index (χ4v) is 11.6. The summed E-state index contributed by atoms with van der Waals surface area (Å²) in [5.41, 5.74) is 23.3. The zero-order chi connectivity index (χ0) is 47.9. The number of para-hydroxylation sites is 3. The quantitative estimate of drug-likeness (QED) is 0.151. The summed E-state index contributed by atoms with van der Waals surface area (Å²) in [6, 6.07) is 92.9. The smallest absolute Gasteiger partial charge is 0.135 e. The van der Waals surface area contributed by atoms with E-state index in [0.717, 1.165) is 61.4 Å². The summed E-state index contributed by atoms with van der Waals surface area (Å²) in [5, 5.41) is 4.77. The zero-order valence-electron chi connectivity index (χ0n) is 40.1. The minimum Gasteiger partial charge on any atom is -0.456 e. The van der Waals surface area contributed by atoms with Crippen molar-refractivity contribution in [3.8, 4) is 61.3 Å². The van der Waals surface area contributed by atoms with Crippen LogP contribution in [0.15, 0.2) is 259 Å². The molecule has 0 atom stereocenters. The monoisotopic (exact) mass is 920 g/mol. The fraction of sp³-hybridized carbons (Fsp3) is 0.0435. The van der Waals surface area contributed by atoms with Gasteiger partial charge in [-0.3, -0.25) is 0 Å². The van der Waals surface area contributed by atoms with Crippen LogP contribution in [0.2, 0.25) is 0 Å². The topological polar surface area (TPSA) is 21.3 Å². The normalized spacial score (nSPS) is 12.7. The molecule has 0 radical (unpaired) electrons. The molecule has 0 amide bonds. The Morgan fingerprint density at radius 3 is 1.61 bits per heavy atom. The molecule has 0 spiro atoms. The molecule has 14 rings (SSSR count). The van der Waals surface area contributed by atoms with Crippen LogP contribution in [-0.2, 0) is 5.41 Å². The first-order chi connectivity index (χ1) is 35.4. The van der Waals surface area contributed by atoms with Crippen LogP contribution in [-0.4, -0.2) is 4.57 Å². The van der Waals surface area contributed by atoms with Gasteiger partial charge >= 0.3 is 0 Å². The molecule has 3 heteroatoms. The zero-order valence-corrected chi connectivity index (χ0v) is 40.1. The second-order valence-corrected chi connectivity index (χ2v) is 19.7. The number of aromatic nitrogens is 1. The molecule has 0 aliphatic heterocycles. The van der Waals surface area contributed by atoms with E-state index in [9.17, 15) is 0 Å². The molecule has 11 aromatic carbocycles. The van der Waals surface area contributed by atoms with Crippen LogP contribution in [0, 0.1) is 0 Å². The molecule has 72 heavy (non-hydrogen) atoms. The van der Waals surface area contributed by atoms with Crippen molar-refractivity contribution in [3.05, 3.63) is 266 Å². The van der Waals surface area contributed by atoms with Gasteiger partial charge in [-0.05, 0) is 134 Å². The first kappa shape index (κ1) is 41.8. The third kappa shape index (κ3) is 6.73. The predicted octanol–water partition coefficient (Wildman–Crippen LogP) is 19.1. The van der Waals surface area contributed by atoms with Gasteiger partial charge in [-0.2, -0.15) is 0 Å². The highest BCUT2D eigenvalue weighted by molar-refractivity contribution is 6.11. The van der Waals surface area contributed by atoms with E-state index in [4.69, 9.17) is 4.42 Å². The Morgan fingerprint density at radius 2 is 0.833 bits per heavy atom. The Morgan fingerprint density at radius 1 is 0.319 bits per heavy atom. The van der Waals surface area contributed by atoms with Gasteiger partial charge in [-0.1, -0.05) is 196 Å². The number of fused-ring (bicyclic) bond motifs is 9. The highest BCUT2D eigenvalue weighted by Crippen LogP contribution is 2.51. The number of nitrogens with zero attached hydrogens (tertiary/aromatic N) is 2. The summed E-state index contributed by atoms with van der Waals surface area (Å²) in [5.74, 6) is 0. The molecular formula is C69H48N2O. The lowest BCUT2D eigenvalue weighted by atomic mass is 9.82. The minimum absolute atomic E-state index is 0.126. The first-order valence-electron chi connectivity index (χ1n) is 24.9. The van der Waals surface area contributed by atoms with Gasteiger partial charge in [0.2, 0.25) is 0 Å². The summed E-state index contributed by atoms with van der Waals surface area (Å²) in [7, 11) is 0. The van der Waals surface area contributed by atoms with Gasteiger partial charge in [0.15, 0.2) is 0 Å². The van der Waals surface area contributed by atoms with E-state index in [1.165, 1.54) is 71.9 Å². The minimum atomic E-state index is -0.126. The van der Waals surface area contributed by atoms with Crippen LogP contribution in [0.4, 0.5) is 17.1 Å². The lowest BCUT2D eigenvalue weighted by molar-refractivity contribution is 0.660. The molecule has 2 aromatic heterocycles. The van der Waals surface area contributed by atoms with Crippen molar-refractivity contribution in [1.29, 1.82) is 0 Å². The van der Waals surface area contributed by atoms with Crippen molar-refractivity contribution in [2.24, 2.45) is 0 Å². The summed E-state index contributed by atoms with van der Waals surface area (Å²) in [6.07, 6.45) is 0. The number of anilines is 3. The summed E-state index contributed by atoms with van der Waals surface area (Å²) >= 11 is 0. The Hall–Kier alpha value is -9.18. The summed E-state index contributed by atoms with van der Waals surface area (Å²) in [6.45, 7) is 4.71. The molecule has 0 saturated heterocycles. The van der Waals surface area contributed by atoms with Gasteiger partial charge in [-0.15, -0.1) is 0 Å². The molecule has 2 heterocycles. The van der Waals surface area contributed by atoms with Crippen molar-refractivity contribution in [1.82, 2.24) is 4.57 Å². The predicted molar refractivity (Wildman–Crippen MR) is 302 cm³/mol. The van der Waals surface area contributed by atoms with E-state index < -0.39 is 0 Å². The van der Waals surface area contributed by atoms with Crippen LogP contribution in [0.1, 0.15) is 25.0 Å². The second kappa shape index (κ2) is 16.5. The highest BCUT2D eigenvalue weighted by Gasteiger charge is 2.35. The average Bonchev–Trinajstić information content (AvgIpc) is 4.06. The van der Waals surface area contributed by atoms with E-state index in [-0.39, 0.29) is 5.41 Å². The molecule has 3 nitrogen and oxygen atoms in total. The first-order valence-corrected chi connectivity index (χ1v) is 24.9. The molecule has 0 bridgehead atoms. The van der Waals surface area contributed by atoms with Crippen molar-refractivity contribution in [2.75, 3.05) is 4.90 Å². The average molecular weight is 921 g/mol. The molecule has 0 N–H and O–H groups in total. The number of furan rings is 1. The van der Waals surface area contributed by atoms with Crippen LogP contribution in [0.25, 0.3) is 105 Å². The third-order valence-electron chi connectivity index (χ3n) is 15.2. The number of rotatable bonds is 8. The molecule has 1 aliphatic rings. The number of hydrogen-bond donors (Lipinski definition) is 0. The van der Waals surface area contributed by atoms with Crippen LogP contribution < -0.4 is 4.90 Å². The number of hydrogen-bond acceptors (Lipinski definition) is 2. The van der Waals surface area contributed by atoms with Gasteiger partial charge in [0, 0.05) is 49.6 Å². The third-order valence-corrected chi connectivity index (χ3v) is 15.2. The lowest BCUT2D eigenvalue weighted by Gasteiger charge is -2.28. The van der Waals surface area contributed by atoms with E-state index in [0.29, 0.717) is 0 Å². The molecular weight excluding hydrogens is 873 g/mol. The van der Waals surface area contributed by atoms with Gasteiger partial charge in [0.05, 0.1) is 16.7 Å². The molecule has 1 aliphatic carbocycles.